The van der Waals surface area contributed by atoms with Crippen LogP contribution < -0.4 is 14.5 Å². The zero-order valence-corrected chi connectivity index (χ0v) is 36.7. The van der Waals surface area contributed by atoms with Crippen LogP contribution in [0.4, 0.5) is 11.4 Å². The van der Waals surface area contributed by atoms with E-state index in [0.29, 0.717) is 11.5 Å². The molecule has 0 fully saturated rings. The van der Waals surface area contributed by atoms with Crippen LogP contribution in [0.5, 0.6) is 11.5 Å². The summed E-state index contributed by atoms with van der Waals surface area (Å²) in [6, 6.07) is 58.4. The second-order valence-corrected chi connectivity index (χ2v) is 17.6. The predicted octanol–water partition coefficient (Wildman–Crippen LogP) is 13.7. The van der Waals surface area contributed by atoms with E-state index in [2.05, 4.69) is 225 Å². The molecule has 6 nitrogen and oxygen atoms in total. The average molecular weight is 887 g/mol. The van der Waals surface area contributed by atoms with Crippen molar-refractivity contribution in [3.05, 3.63) is 194 Å². The van der Waals surface area contributed by atoms with Crippen molar-refractivity contribution < 1.29 is 25.2 Å². The van der Waals surface area contributed by atoms with E-state index in [1.807, 2.05) is 18.3 Å². The molecule has 4 heterocycles. The number of anilines is 2. The third-order valence-electron chi connectivity index (χ3n) is 11.4. The van der Waals surface area contributed by atoms with Gasteiger partial charge in [0.05, 0.1) is 11.0 Å². The van der Waals surface area contributed by atoms with Crippen molar-refractivity contribution in [2.75, 3.05) is 9.80 Å². The van der Waals surface area contributed by atoms with Gasteiger partial charge in [0.25, 0.3) is 0 Å². The summed E-state index contributed by atoms with van der Waals surface area (Å²) in [5, 5.41) is 2.18. The van der Waals surface area contributed by atoms with Crippen LogP contribution in [0.2, 0.25) is 0 Å². The second-order valence-electron chi connectivity index (χ2n) is 17.6. The van der Waals surface area contributed by atoms with E-state index in [-0.39, 0.29) is 31.3 Å². The molecular weight excluding hydrogens is 841 g/mol. The standard InChI is InChI=1S/C54H46N5O.Pd/c1-53(2,3)39-21-23-41(24-22-39)56-29-30-57(36-56)43-31-38(37-15-9-7-10-16-37)32-45(34-43)60-44-25-26-47-49(35-44)59(50-33-40(27-28-55-50)54(4,5)6)52-46-19-13-14-20-48(46)58(51(47)52)42-17-11-8-12-18-42;/h7-33,36H,1-6H3;/q-3;. The Morgan fingerprint density at radius 2 is 1.21 bits per heavy atom. The molecule has 0 radical (unpaired) electrons. The van der Waals surface area contributed by atoms with Gasteiger partial charge >= 0.3 is 0 Å². The smallest absolute Gasteiger partial charge is 0.135 e. The summed E-state index contributed by atoms with van der Waals surface area (Å²) in [4.78, 5) is 9.23. The Kier molecular flexibility index (Phi) is 10.2. The number of hydrogen-bond acceptors (Lipinski definition) is 4. The Morgan fingerprint density at radius 3 is 1.95 bits per heavy atom. The third-order valence-corrected chi connectivity index (χ3v) is 11.4. The quantitative estimate of drug-likeness (QED) is 0.118. The molecule has 61 heavy (non-hydrogen) atoms. The number of rotatable bonds is 7. The molecule has 0 atom stereocenters. The average Bonchev–Trinajstić information content (AvgIpc) is 3.97. The van der Waals surface area contributed by atoms with Gasteiger partial charge in [-0.25, -0.2) is 4.98 Å². The first-order chi connectivity index (χ1) is 29.0. The normalized spacial score (nSPS) is 13.1. The Bertz CT molecular complexity index is 3060. The summed E-state index contributed by atoms with van der Waals surface area (Å²) in [5.74, 6) is 2.01. The van der Waals surface area contributed by atoms with Crippen molar-refractivity contribution in [1.82, 2.24) is 14.1 Å². The van der Waals surface area contributed by atoms with Crippen LogP contribution >= 0.6 is 0 Å². The second kappa shape index (κ2) is 15.6. The van der Waals surface area contributed by atoms with Crippen LogP contribution in [0.3, 0.4) is 0 Å². The van der Waals surface area contributed by atoms with Gasteiger partial charge in [0.15, 0.2) is 0 Å². The number of fused-ring (bicyclic) bond motifs is 5. The van der Waals surface area contributed by atoms with Crippen LogP contribution in [0.1, 0.15) is 52.7 Å². The van der Waals surface area contributed by atoms with Gasteiger partial charge in [0.2, 0.25) is 0 Å². The number of nitrogens with zero attached hydrogens (tertiary/aromatic N) is 5. The van der Waals surface area contributed by atoms with Crippen molar-refractivity contribution in [3.8, 4) is 34.1 Å². The number of para-hydroxylation sites is 2. The monoisotopic (exact) mass is 886 g/mol. The summed E-state index contributed by atoms with van der Waals surface area (Å²) in [6.45, 7) is 15.5. The maximum absolute atomic E-state index is 6.82. The van der Waals surface area contributed by atoms with E-state index in [1.54, 1.807) is 0 Å². The predicted molar refractivity (Wildman–Crippen MR) is 247 cm³/mol. The van der Waals surface area contributed by atoms with Crippen LogP contribution in [0.15, 0.2) is 164 Å². The van der Waals surface area contributed by atoms with Crippen molar-refractivity contribution in [2.24, 2.45) is 0 Å². The van der Waals surface area contributed by atoms with Crippen molar-refractivity contribution in [1.29, 1.82) is 0 Å². The molecule has 1 aliphatic rings. The molecule has 10 rings (SSSR count). The Labute approximate surface area is 372 Å². The van der Waals surface area contributed by atoms with Crippen molar-refractivity contribution in [3.63, 3.8) is 0 Å². The first kappa shape index (κ1) is 40.0. The van der Waals surface area contributed by atoms with Gasteiger partial charge in [-0.05, 0) is 82.4 Å². The number of aromatic nitrogens is 3. The van der Waals surface area contributed by atoms with Gasteiger partial charge in [-0.2, -0.15) is 6.07 Å². The largest absolute Gasteiger partial charge is 0.509 e. The molecule has 0 saturated heterocycles. The molecule has 0 saturated carbocycles. The Balaban J connectivity index is 0.00000476. The molecule has 0 aliphatic carbocycles. The minimum Gasteiger partial charge on any atom is -0.509 e. The van der Waals surface area contributed by atoms with Crippen LogP contribution in [0, 0.1) is 18.8 Å². The van der Waals surface area contributed by atoms with Gasteiger partial charge in [-0.15, -0.1) is 48.3 Å². The molecule has 9 aromatic rings. The SMILES string of the molecule is CC(C)(C)c1ccc(N2C=CN(c3[c-]c(Oc4[c-]c5c(cc4)c4c(c6ccccc6n4-c4ccccc4)n5-c4cc(C(C)(C)C)ccn4)cc(-c4ccccc4)c3)[CH-]2)cc1.[Pd]. The summed E-state index contributed by atoms with van der Waals surface area (Å²) < 4.78 is 11.4. The minimum absolute atomic E-state index is 0. The van der Waals surface area contributed by atoms with Crippen LogP contribution in [-0.4, -0.2) is 14.1 Å². The molecule has 1 aliphatic heterocycles. The molecule has 0 amide bonds. The van der Waals surface area contributed by atoms with Gasteiger partial charge in [0, 0.05) is 60.4 Å². The molecule has 306 valence electrons. The van der Waals surface area contributed by atoms with E-state index < -0.39 is 0 Å². The first-order valence-corrected chi connectivity index (χ1v) is 20.5. The number of ether oxygens (including phenoxy) is 1. The molecule has 6 aromatic carbocycles. The topological polar surface area (TPSA) is 38.5 Å². The summed E-state index contributed by atoms with van der Waals surface area (Å²) in [7, 11) is 0. The summed E-state index contributed by atoms with van der Waals surface area (Å²) in [5.41, 5.74) is 11.9. The molecule has 7 heteroatoms. The third kappa shape index (κ3) is 7.43. The fourth-order valence-electron chi connectivity index (χ4n) is 8.20. The molecule has 0 bridgehead atoms. The van der Waals surface area contributed by atoms with Crippen LogP contribution in [-0.2, 0) is 31.3 Å². The number of hydrogen-bond donors (Lipinski definition) is 0. The number of pyridine rings is 1. The van der Waals surface area contributed by atoms with Gasteiger partial charge in [-0.3, -0.25) is 0 Å². The fraction of sp³-hybridized carbons (Fsp3) is 0.148. The zero-order valence-electron chi connectivity index (χ0n) is 35.1. The van der Waals surface area contributed by atoms with E-state index in [0.717, 1.165) is 66.8 Å². The summed E-state index contributed by atoms with van der Waals surface area (Å²) >= 11 is 0. The van der Waals surface area contributed by atoms with E-state index in [4.69, 9.17) is 9.72 Å². The van der Waals surface area contributed by atoms with Gasteiger partial charge in [0.1, 0.15) is 5.82 Å². The maximum atomic E-state index is 6.82. The van der Waals surface area contributed by atoms with E-state index in [9.17, 15) is 0 Å². The van der Waals surface area contributed by atoms with E-state index >= 15 is 0 Å². The van der Waals surface area contributed by atoms with E-state index in [1.165, 1.54) is 11.1 Å². The minimum atomic E-state index is -0.0665. The Hall–Kier alpha value is -6.39. The fourth-order valence-corrected chi connectivity index (χ4v) is 8.20. The molecular formula is C54H46N5OPd-3. The first-order valence-electron chi connectivity index (χ1n) is 20.5. The van der Waals surface area contributed by atoms with Gasteiger partial charge in [-0.1, -0.05) is 131 Å². The maximum Gasteiger partial charge on any atom is 0.135 e. The van der Waals surface area contributed by atoms with Crippen molar-refractivity contribution in [2.45, 2.75) is 52.4 Å². The number of benzene rings is 6. The van der Waals surface area contributed by atoms with Crippen LogP contribution in [0.25, 0.3) is 55.5 Å². The van der Waals surface area contributed by atoms with Gasteiger partial charge < -0.3 is 23.7 Å². The molecule has 0 N–H and O–H groups in total. The Morgan fingerprint density at radius 1 is 0.541 bits per heavy atom. The van der Waals surface area contributed by atoms with Crippen molar-refractivity contribution >= 4 is 44.2 Å². The summed E-state index contributed by atoms with van der Waals surface area (Å²) in [6.07, 6.45) is 6.05. The zero-order chi connectivity index (χ0) is 41.2. The molecule has 0 spiro atoms. The molecule has 0 unspecified atom stereocenters. The molecule has 3 aromatic heterocycles.